The molecule has 16 atom stereocenters. The normalized spacial score (nSPS) is 22.5. The molecule has 3 aliphatic heterocycles. The van der Waals surface area contributed by atoms with Crippen molar-refractivity contribution in [2.75, 3.05) is 72.2 Å². The Morgan fingerprint density at radius 1 is 0.320 bits per heavy atom. The molecule has 10 N–H and O–H groups in total. The summed E-state index contributed by atoms with van der Waals surface area (Å²) < 4.78 is 69.7. The minimum Gasteiger partial charge on any atom is -0.481 e. The van der Waals surface area contributed by atoms with Crippen LogP contribution in [0.2, 0.25) is 0 Å². The zero-order valence-electron chi connectivity index (χ0n) is 73.1. The lowest BCUT2D eigenvalue weighted by Crippen LogP contribution is -2.65. The van der Waals surface area contributed by atoms with Crippen molar-refractivity contribution < 1.29 is 143 Å². The second-order valence-electron chi connectivity index (χ2n) is 30.4. The monoisotopic (exact) mass is 1740 g/mol. The van der Waals surface area contributed by atoms with Crippen molar-refractivity contribution in [1.29, 1.82) is 0 Å². The van der Waals surface area contributed by atoms with E-state index in [0.29, 0.717) is 109 Å². The minimum absolute atomic E-state index is 0.0126. The summed E-state index contributed by atoms with van der Waals surface area (Å²) in [7, 11) is 0. The van der Waals surface area contributed by atoms with Gasteiger partial charge in [0.1, 0.15) is 42.2 Å². The number of amides is 9. The number of esters is 6. The van der Waals surface area contributed by atoms with Gasteiger partial charge in [-0.2, -0.15) is 0 Å². The van der Waals surface area contributed by atoms with E-state index in [-0.39, 0.29) is 153 Å². The van der Waals surface area contributed by atoms with Gasteiger partial charge in [-0.3, -0.25) is 86.4 Å². The van der Waals surface area contributed by atoms with Crippen LogP contribution in [0, 0.1) is 0 Å². The van der Waals surface area contributed by atoms with E-state index in [0.717, 1.165) is 0 Å². The highest BCUT2D eigenvalue weighted by molar-refractivity contribution is 5.87. The van der Waals surface area contributed by atoms with Crippen LogP contribution in [0.1, 0.15) is 250 Å². The largest absolute Gasteiger partial charge is 0.481 e. The van der Waals surface area contributed by atoms with Crippen molar-refractivity contribution in [3.63, 3.8) is 0 Å². The first-order chi connectivity index (χ1) is 58.1. The van der Waals surface area contributed by atoms with Gasteiger partial charge in [0.2, 0.25) is 53.2 Å². The van der Waals surface area contributed by atoms with Crippen LogP contribution in [-0.4, -0.2) is 281 Å². The van der Waals surface area contributed by atoms with Crippen molar-refractivity contribution >= 4 is 101 Å². The molecule has 40 heteroatoms. The molecule has 0 radical (unpaired) electrons. The first-order valence-electron chi connectivity index (χ1n) is 42.8. The first-order valence-corrected chi connectivity index (χ1v) is 42.8. The molecule has 16 unspecified atom stereocenters. The van der Waals surface area contributed by atoms with Crippen molar-refractivity contribution in [3.05, 3.63) is 0 Å². The molecule has 3 rings (SSSR count). The molecule has 3 aliphatic rings. The summed E-state index contributed by atoms with van der Waals surface area (Å²) in [6, 6.07) is -4.10. The summed E-state index contributed by atoms with van der Waals surface area (Å²) in [6.45, 7) is 17.0. The van der Waals surface area contributed by atoms with Gasteiger partial charge in [-0.1, -0.05) is 40.0 Å². The van der Waals surface area contributed by atoms with Gasteiger partial charge in [0.15, 0.2) is 55.5 Å². The highest BCUT2D eigenvalue weighted by Crippen LogP contribution is 2.33. The molecule has 40 nitrogen and oxygen atoms in total. The zero-order chi connectivity index (χ0) is 90.6. The SMILES string of the molecule is CCC1OC(OCCCCCC(=O)NCCCCC(=O)CN(CC(=O)NCCCNC(=O)CCCCCOC2OC(CC)C(OC(C)=O)C(OC(C)=O)C2NC(C)=O)C(CCCCNC(=O)CCCC(=O)O)C(=O)NCCCNC(=O)CCCCCOC2OC(CC)C(OC(C)=O)C(OC(C)=O)C2NC(C)=O)C(NC(C)=O)C(OC(C)=O)C1OC(C)=O. The van der Waals surface area contributed by atoms with Crippen molar-refractivity contribution in [3.8, 4) is 0 Å². The number of ether oxygens (including phenoxy) is 12. The number of rotatable bonds is 61. The number of Topliss-reactive ketones (excluding diaryl/α,β-unsaturated/α-hetero) is 1. The summed E-state index contributed by atoms with van der Waals surface area (Å²) in [5.41, 5.74) is 0. The third kappa shape index (κ3) is 44.3. The molecular weight excluding hydrogens is 1600 g/mol. The summed E-state index contributed by atoms with van der Waals surface area (Å²) in [4.78, 5) is 216. The zero-order valence-corrected chi connectivity index (χ0v) is 73.1. The van der Waals surface area contributed by atoms with Gasteiger partial charge in [0.05, 0.1) is 19.1 Å². The average molecular weight is 1740 g/mol. The number of aliphatic carboxylic acids is 1. The third-order valence-electron chi connectivity index (χ3n) is 19.7. The Kier molecular flexibility index (Phi) is 53.1. The maximum absolute atomic E-state index is 14.5. The van der Waals surface area contributed by atoms with Crippen LogP contribution in [-0.2, 0) is 138 Å². The Morgan fingerprint density at radius 2 is 0.615 bits per heavy atom. The van der Waals surface area contributed by atoms with Crippen LogP contribution in [0.25, 0.3) is 0 Å². The van der Waals surface area contributed by atoms with Gasteiger partial charge in [0, 0.05) is 160 Å². The molecule has 3 heterocycles. The van der Waals surface area contributed by atoms with Gasteiger partial charge < -0.3 is 110 Å². The van der Waals surface area contributed by atoms with Crippen molar-refractivity contribution in [1.82, 2.24) is 52.8 Å². The highest BCUT2D eigenvalue weighted by Gasteiger charge is 2.53. The molecule has 3 saturated heterocycles. The number of ketones is 1. The Balaban J connectivity index is 1.67. The van der Waals surface area contributed by atoms with Crippen LogP contribution >= 0.6 is 0 Å². The van der Waals surface area contributed by atoms with E-state index < -0.39 is 176 Å². The van der Waals surface area contributed by atoms with E-state index in [1.165, 1.54) is 67.2 Å². The number of unbranched alkanes of at least 4 members (excludes halogenated alkanes) is 8. The second kappa shape index (κ2) is 60.4. The van der Waals surface area contributed by atoms with Gasteiger partial charge in [-0.05, 0) is 109 Å². The molecule has 0 aromatic rings. The van der Waals surface area contributed by atoms with Crippen LogP contribution in [0.4, 0.5) is 0 Å². The standard InChI is InChI=1S/C82H136N10O30/c1-13-61-73(114-53(7)96)76(117-56(10)99)70(89-50(4)93)80(120-61)111-45-26-16-19-34-64(103)83-39-24-22-32-59(102)48-92(49-68(107)87-43-30-41-85-65(104)35-20-17-27-46-112-81-71(90-51(5)94)77(118-57(11)100)74(115-54(8)97)62(14-2)121-81)60(33-23-25-40-84-67(106)37-29-38-69(108)109)79(110)88-44-31-42-86-66(105)36-21-18-28-47-113-82-72(91-52(6)95)78(119-58(12)101)75(116-55(9)98)63(15-3)122-82/h60-63,70-78,80-82H,13-49H2,1-12H3,(H,83,103)(H,84,106)(H,85,104)(H,86,105)(H,87,107)(H,88,110)(H,89,93)(H,90,94)(H,91,95)(H,108,109). The number of nitrogens with zero attached hydrogens (tertiary/aromatic N) is 1. The smallest absolute Gasteiger partial charge is 0.303 e. The molecule has 9 amide bonds. The number of carbonyl (C=O) groups is 17. The number of hydrogen-bond acceptors (Lipinski definition) is 30. The van der Waals surface area contributed by atoms with E-state index in [9.17, 15) is 81.5 Å². The lowest BCUT2D eigenvalue weighted by atomic mass is 9.94. The number of hydrogen-bond donors (Lipinski definition) is 10. The number of carboxylic acid groups (broad SMARTS) is 1. The number of carboxylic acids is 1. The first kappa shape index (κ1) is 107. The van der Waals surface area contributed by atoms with Crippen LogP contribution in [0.15, 0.2) is 0 Å². The summed E-state index contributed by atoms with van der Waals surface area (Å²) >= 11 is 0. The molecule has 0 aliphatic carbocycles. The molecule has 0 aromatic carbocycles. The Morgan fingerprint density at radius 3 is 0.934 bits per heavy atom. The van der Waals surface area contributed by atoms with Crippen LogP contribution < -0.4 is 47.9 Å². The molecule has 0 saturated carbocycles. The van der Waals surface area contributed by atoms with Crippen LogP contribution in [0.3, 0.4) is 0 Å². The molecular formula is C82H136N10O30. The molecule has 0 bridgehead atoms. The predicted octanol–water partition coefficient (Wildman–Crippen LogP) is 2.54. The lowest BCUT2D eigenvalue weighted by molar-refractivity contribution is -0.272. The van der Waals surface area contributed by atoms with Gasteiger partial charge in [0.25, 0.3) is 0 Å². The number of nitrogens with one attached hydrogen (secondary N) is 9. The Bertz CT molecular complexity index is 3210. The van der Waals surface area contributed by atoms with E-state index >= 15 is 0 Å². The predicted molar refractivity (Wildman–Crippen MR) is 433 cm³/mol. The van der Waals surface area contributed by atoms with E-state index in [1.807, 2.05) is 0 Å². The quantitative estimate of drug-likeness (QED) is 0.0238. The number of carbonyl (C=O) groups excluding carboxylic acids is 16. The summed E-state index contributed by atoms with van der Waals surface area (Å²) in [5.74, 6) is -8.77. The molecule has 0 spiro atoms. The fourth-order valence-corrected chi connectivity index (χ4v) is 14.2. The fraction of sp³-hybridized carbons (Fsp3) is 0.793. The van der Waals surface area contributed by atoms with Gasteiger partial charge in [-0.25, -0.2) is 0 Å². The second-order valence-corrected chi connectivity index (χ2v) is 30.4. The maximum Gasteiger partial charge on any atom is 0.303 e. The van der Waals surface area contributed by atoms with E-state index in [1.54, 1.807) is 20.8 Å². The Labute approximate surface area is 714 Å². The van der Waals surface area contributed by atoms with Gasteiger partial charge >= 0.3 is 41.8 Å². The average Bonchev–Trinajstić information content (AvgIpc) is 0.798. The molecule has 0 aromatic heterocycles. The van der Waals surface area contributed by atoms with E-state index in [2.05, 4.69) is 47.9 Å². The third-order valence-corrected chi connectivity index (χ3v) is 19.7. The summed E-state index contributed by atoms with van der Waals surface area (Å²) in [5, 5.41) is 34.3. The van der Waals surface area contributed by atoms with Gasteiger partial charge in [-0.15, -0.1) is 0 Å². The van der Waals surface area contributed by atoms with Crippen molar-refractivity contribution in [2.24, 2.45) is 0 Å². The molecule has 3 fully saturated rings. The molecule has 122 heavy (non-hydrogen) atoms. The Hall–Kier alpha value is -9.09. The van der Waals surface area contributed by atoms with Crippen LogP contribution in [0.5, 0.6) is 0 Å². The lowest BCUT2D eigenvalue weighted by Gasteiger charge is -2.45. The van der Waals surface area contributed by atoms with E-state index in [4.69, 9.17) is 61.9 Å². The topological polar surface area (TPSA) is 533 Å². The summed E-state index contributed by atoms with van der Waals surface area (Å²) in [6.07, 6.45) is -3.51. The minimum atomic E-state index is -1.11. The highest BCUT2D eigenvalue weighted by atomic mass is 16.7. The fourth-order valence-electron chi connectivity index (χ4n) is 14.2. The van der Waals surface area contributed by atoms with Crippen molar-refractivity contribution in [2.45, 2.75) is 348 Å². The molecule has 694 valence electrons. The maximum atomic E-state index is 14.5.